The third-order valence-electron chi connectivity index (χ3n) is 2.54. The van der Waals surface area contributed by atoms with Gasteiger partial charge in [0, 0.05) is 16.9 Å². The Morgan fingerprint density at radius 3 is 2.37 bits per heavy atom. The van der Waals surface area contributed by atoms with E-state index in [4.69, 9.17) is 0 Å². The van der Waals surface area contributed by atoms with Gasteiger partial charge in [-0.15, -0.1) is 0 Å². The number of aromatic nitrogens is 1. The Kier molecular flexibility index (Phi) is 4.09. The first-order valence-corrected chi connectivity index (χ1v) is 6.72. The molecule has 0 spiro atoms. The molecule has 0 aliphatic carbocycles. The summed E-state index contributed by atoms with van der Waals surface area (Å²) in [5.41, 5.74) is 0.0338. The second kappa shape index (κ2) is 5.61. The molecule has 1 aromatic carbocycles. The monoisotopic (exact) mass is 287 g/mol. The number of pyridine rings is 1. The van der Waals surface area contributed by atoms with Crippen molar-refractivity contribution in [3.05, 3.63) is 53.2 Å². The summed E-state index contributed by atoms with van der Waals surface area (Å²) in [5.74, 6) is -4.56. The number of nitrogens with zero attached hydrogens (tertiary/aromatic N) is 1. The SMILES string of the molecule is CSCc1ccc(-c2ccc(F)c(F)c2F)nc1F. The van der Waals surface area contributed by atoms with Crippen LogP contribution >= 0.6 is 11.8 Å². The van der Waals surface area contributed by atoms with E-state index >= 15 is 0 Å². The molecule has 0 amide bonds. The summed E-state index contributed by atoms with van der Waals surface area (Å²) < 4.78 is 53.1. The zero-order valence-corrected chi connectivity index (χ0v) is 10.7. The predicted octanol–water partition coefficient (Wildman–Crippen LogP) is 4.17. The molecule has 0 bridgehead atoms. The Bertz CT molecular complexity index is 616. The van der Waals surface area contributed by atoms with Crippen molar-refractivity contribution in [2.24, 2.45) is 0 Å². The fourth-order valence-corrected chi connectivity index (χ4v) is 2.13. The Balaban J connectivity index is 2.48. The molecule has 0 aliphatic rings. The summed E-state index contributed by atoms with van der Waals surface area (Å²) in [4.78, 5) is 3.58. The summed E-state index contributed by atoms with van der Waals surface area (Å²) in [6, 6.07) is 4.65. The maximum absolute atomic E-state index is 13.6. The lowest BCUT2D eigenvalue weighted by Crippen LogP contribution is -1.98. The lowest BCUT2D eigenvalue weighted by molar-refractivity contribution is 0.448. The van der Waals surface area contributed by atoms with Gasteiger partial charge in [0.05, 0.1) is 5.69 Å². The third-order valence-corrected chi connectivity index (χ3v) is 3.14. The molecule has 1 nitrogen and oxygen atoms in total. The maximum atomic E-state index is 13.6. The van der Waals surface area contributed by atoms with Crippen LogP contribution in [0.1, 0.15) is 5.56 Å². The van der Waals surface area contributed by atoms with E-state index in [1.807, 2.05) is 6.26 Å². The zero-order chi connectivity index (χ0) is 14.0. The first-order chi connectivity index (χ1) is 9.04. The van der Waals surface area contributed by atoms with Crippen molar-refractivity contribution in [2.45, 2.75) is 5.75 Å². The Morgan fingerprint density at radius 1 is 1.00 bits per heavy atom. The first-order valence-electron chi connectivity index (χ1n) is 5.32. The van der Waals surface area contributed by atoms with Crippen molar-refractivity contribution in [3.63, 3.8) is 0 Å². The lowest BCUT2D eigenvalue weighted by Gasteiger charge is -2.06. The minimum Gasteiger partial charge on any atom is -0.219 e. The van der Waals surface area contributed by atoms with Crippen LogP contribution in [0.3, 0.4) is 0 Å². The van der Waals surface area contributed by atoms with Gasteiger partial charge in [0.1, 0.15) is 0 Å². The van der Waals surface area contributed by atoms with E-state index in [9.17, 15) is 17.6 Å². The van der Waals surface area contributed by atoms with Crippen molar-refractivity contribution in [2.75, 3.05) is 6.26 Å². The van der Waals surface area contributed by atoms with E-state index in [1.54, 1.807) is 0 Å². The molecule has 0 aliphatic heterocycles. The second-order valence-electron chi connectivity index (χ2n) is 3.80. The predicted molar refractivity (Wildman–Crippen MR) is 66.7 cm³/mol. The van der Waals surface area contributed by atoms with Crippen LogP contribution < -0.4 is 0 Å². The van der Waals surface area contributed by atoms with Crippen LogP contribution in [0.15, 0.2) is 24.3 Å². The van der Waals surface area contributed by atoms with Gasteiger partial charge in [0.25, 0.3) is 0 Å². The number of halogens is 4. The maximum Gasteiger partial charge on any atom is 0.217 e. The molecule has 0 saturated heterocycles. The average Bonchev–Trinajstić information content (AvgIpc) is 2.39. The van der Waals surface area contributed by atoms with Crippen LogP contribution in [-0.4, -0.2) is 11.2 Å². The van der Waals surface area contributed by atoms with Crippen molar-refractivity contribution in [1.82, 2.24) is 4.98 Å². The van der Waals surface area contributed by atoms with Gasteiger partial charge in [-0.2, -0.15) is 16.2 Å². The molecule has 2 aromatic rings. The number of rotatable bonds is 3. The molecule has 0 N–H and O–H groups in total. The molecule has 19 heavy (non-hydrogen) atoms. The third kappa shape index (κ3) is 2.73. The molecule has 0 fully saturated rings. The average molecular weight is 287 g/mol. The molecular formula is C13H9F4NS. The molecule has 0 unspecified atom stereocenters. The van der Waals surface area contributed by atoms with Gasteiger partial charge in [-0.25, -0.2) is 18.2 Å². The summed E-state index contributed by atoms with van der Waals surface area (Å²) in [6.45, 7) is 0. The van der Waals surface area contributed by atoms with Crippen LogP contribution in [0.2, 0.25) is 0 Å². The van der Waals surface area contributed by atoms with Gasteiger partial charge < -0.3 is 0 Å². The van der Waals surface area contributed by atoms with Crippen molar-refractivity contribution >= 4 is 11.8 Å². The molecular weight excluding hydrogens is 278 g/mol. The number of hydrogen-bond acceptors (Lipinski definition) is 2. The molecule has 6 heteroatoms. The number of benzene rings is 1. The van der Waals surface area contributed by atoms with E-state index < -0.39 is 23.4 Å². The standard InChI is InChI=1S/C13H9F4NS/c1-19-6-7-2-5-10(18-13(7)17)8-3-4-9(14)12(16)11(8)15/h2-5H,6H2,1H3. The number of hydrogen-bond donors (Lipinski definition) is 0. The summed E-state index contributed by atoms with van der Waals surface area (Å²) in [7, 11) is 0. The van der Waals surface area contributed by atoms with Gasteiger partial charge in [-0.3, -0.25) is 0 Å². The summed E-state index contributed by atoms with van der Waals surface area (Å²) in [5, 5.41) is 0. The second-order valence-corrected chi connectivity index (χ2v) is 4.67. The first kappa shape index (κ1) is 13.9. The fraction of sp³-hybridized carbons (Fsp3) is 0.154. The Labute approximate surface area is 111 Å². The van der Waals surface area contributed by atoms with E-state index in [2.05, 4.69) is 4.98 Å². The largest absolute Gasteiger partial charge is 0.219 e. The van der Waals surface area contributed by atoms with Gasteiger partial charge in [-0.05, 0) is 24.5 Å². The smallest absolute Gasteiger partial charge is 0.217 e. The molecule has 0 saturated carbocycles. The fourth-order valence-electron chi connectivity index (χ4n) is 1.60. The molecule has 100 valence electrons. The quantitative estimate of drug-likeness (QED) is 0.477. The van der Waals surface area contributed by atoms with Gasteiger partial charge in [0.15, 0.2) is 17.5 Å². The number of thioether (sulfide) groups is 1. The molecule has 1 heterocycles. The van der Waals surface area contributed by atoms with Crippen molar-refractivity contribution in [1.29, 1.82) is 0 Å². The van der Waals surface area contributed by atoms with Crippen LogP contribution in [0, 0.1) is 23.4 Å². The highest BCUT2D eigenvalue weighted by atomic mass is 32.2. The normalized spacial score (nSPS) is 10.8. The topological polar surface area (TPSA) is 12.9 Å². The van der Waals surface area contributed by atoms with Crippen molar-refractivity contribution in [3.8, 4) is 11.3 Å². The Morgan fingerprint density at radius 2 is 1.74 bits per heavy atom. The lowest BCUT2D eigenvalue weighted by atomic mass is 10.1. The van der Waals surface area contributed by atoms with E-state index in [0.717, 1.165) is 12.1 Å². The van der Waals surface area contributed by atoms with Gasteiger partial charge >= 0.3 is 0 Å². The van der Waals surface area contributed by atoms with Gasteiger partial charge in [0.2, 0.25) is 5.95 Å². The molecule has 1 aromatic heterocycles. The van der Waals surface area contributed by atoms with Crippen LogP contribution in [0.25, 0.3) is 11.3 Å². The minimum atomic E-state index is -1.59. The van der Waals surface area contributed by atoms with Crippen LogP contribution in [-0.2, 0) is 5.75 Å². The van der Waals surface area contributed by atoms with E-state index in [0.29, 0.717) is 11.3 Å². The zero-order valence-electron chi connectivity index (χ0n) is 9.88. The van der Waals surface area contributed by atoms with Crippen molar-refractivity contribution < 1.29 is 17.6 Å². The van der Waals surface area contributed by atoms with Crippen LogP contribution in [0.5, 0.6) is 0 Å². The highest BCUT2D eigenvalue weighted by Crippen LogP contribution is 2.25. The van der Waals surface area contributed by atoms with E-state index in [-0.39, 0.29) is 11.3 Å². The Hall–Kier alpha value is -1.56. The summed E-state index contributed by atoms with van der Waals surface area (Å²) >= 11 is 1.41. The highest BCUT2D eigenvalue weighted by molar-refractivity contribution is 7.97. The summed E-state index contributed by atoms with van der Waals surface area (Å²) in [6.07, 6.45) is 1.81. The highest BCUT2D eigenvalue weighted by Gasteiger charge is 2.16. The minimum absolute atomic E-state index is 0.0706. The van der Waals surface area contributed by atoms with Gasteiger partial charge in [-0.1, -0.05) is 6.07 Å². The molecule has 2 rings (SSSR count). The van der Waals surface area contributed by atoms with Crippen LogP contribution in [0.4, 0.5) is 17.6 Å². The van der Waals surface area contributed by atoms with E-state index in [1.165, 1.54) is 23.9 Å². The molecule has 0 radical (unpaired) electrons. The molecule has 0 atom stereocenters.